The van der Waals surface area contributed by atoms with Gasteiger partial charge in [-0.15, -0.1) is 24.3 Å². The third kappa shape index (κ3) is 6.39. The van der Waals surface area contributed by atoms with Crippen LogP contribution in [-0.2, 0) is 37.3 Å². The van der Waals surface area contributed by atoms with Crippen LogP contribution in [0, 0.1) is 12.1 Å². The van der Waals surface area contributed by atoms with Gasteiger partial charge in [0.1, 0.15) is 0 Å². The minimum absolute atomic E-state index is 0. The van der Waals surface area contributed by atoms with Crippen molar-refractivity contribution in [3.63, 3.8) is 0 Å². The second kappa shape index (κ2) is 12.9. The van der Waals surface area contributed by atoms with E-state index in [0.717, 1.165) is 78.7 Å². The Morgan fingerprint density at radius 3 is 1.27 bits per heavy atom. The van der Waals surface area contributed by atoms with Crippen LogP contribution in [0.1, 0.15) is 78.3 Å². The van der Waals surface area contributed by atoms with Gasteiger partial charge in [0, 0.05) is 33.1 Å². The molecule has 0 unspecified atom stereocenters. The van der Waals surface area contributed by atoms with Gasteiger partial charge in [-0.1, -0.05) is 113 Å². The first-order valence-electron chi connectivity index (χ1n) is 17.5. The molecule has 4 aromatic carbocycles. The molecule has 7 heteroatoms. The number of hydrogen-bond acceptors (Lipinski definition) is 4. The summed E-state index contributed by atoms with van der Waals surface area (Å²) in [6, 6.07) is 44.4. The summed E-state index contributed by atoms with van der Waals surface area (Å²) in [4.78, 5) is 0. The maximum absolute atomic E-state index is 6.20. The molecule has 0 saturated carbocycles. The van der Waals surface area contributed by atoms with Crippen LogP contribution in [0.3, 0.4) is 0 Å². The first-order chi connectivity index (χ1) is 24.3. The first-order valence-corrected chi connectivity index (χ1v) is 17.5. The van der Waals surface area contributed by atoms with Gasteiger partial charge < -0.3 is 8.83 Å². The quantitative estimate of drug-likeness (QED) is 0.156. The van der Waals surface area contributed by atoms with Gasteiger partial charge in [0.15, 0.2) is 0 Å². The summed E-state index contributed by atoms with van der Waals surface area (Å²) in [5.74, 6) is 1.88. The Morgan fingerprint density at radius 2 is 0.904 bits per heavy atom. The maximum Gasteiger partial charge on any atom is 2.00 e. The van der Waals surface area contributed by atoms with Crippen molar-refractivity contribution >= 4 is 21.9 Å². The van der Waals surface area contributed by atoms with E-state index in [4.69, 9.17) is 19.0 Å². The van der Waals surface area contributed by atoms with Crippen LogP contribution in [0.4, 0.5) is 0 Å². The zero-order valence-electron chi connectivity index (χ0n) is 30.8. The molecule has 0 amide bonds. The standard InChI is InChI=1S/C45H42N4O2.Pt/c1-43(2,3)41-25-31-23-33(19-21-37(31)50-41)48-35(29-15-11-9-12-16-29)27-39(46-48)45(7,8)40-28-36(30-17-13-10-14-18-30)49(47-40)34-20-22-38-32(24-34)26-42(51-38)44(4,5)6;/h9-18,21-28H,1-8H3;/q-2;+2. The average molecular weight is 866 g/mol. The van der Waals surface area contributed by atoms with Crippen molar-refractivity contribution in [1.29, 1.82) is 0 Å². The van der Waals surface area contributed by atoms with Crippen LogP contribution < -0.4 is 0 Å². The number of aromatic nitrogens is 4. The van der Waals surface area contributed by atoms with Gasteiger partial charge in [0.2, 0.25) is 0 Å². The fraction of sp³-hybridized carbons (Fsp3) is 0.244. The summed E-state index contributed by atoms with van der Waals surface area (Å²) < 4.78 is 16.4. The SMILES string of the molecule is CC(C)(C)c1cc2cc(-n3nc(C(C)(C)c4cc(-c5ccccc5)n(-c5[c-]cc6oc(C(C)(C)C)cc6c5)n4)cc3-c3ccccc3)[c-]cc2o1.[Pt+2]. The van der Waals surface area contributed by atoms with E-state index >= 15 is 0 Å². The van der Waals surface area contributed by atoms with Crippen molar-refractivity contribution in [2.24, 2.45) is 0 Å². The second-order valence-corrected chi connectivity index (χ2v) is 16.0. The number of furan rings is 2. The third-order valence-electron chi connectivity index (χ3n) is 9.64. The molecule has 0 atom stereocenters. The molecule has 264 valence electrons. The molecule has 8 rings (SSSR count). The molecule has 0 bridgehead atoms. The molecule has 0 spiro atoms. The predicted molar refractivity (Wildman–Crippen MR) is 205 cm³/mol. The smallest absolute Gasteiger partial charge is 0.519 e. The van der Waals surface area contributed by atoms with Crippen molar-refractivity contribution in [3.8, 4) is 33.9 Å². The van der Waals surface area contributed by atoms with E-state index < -0.39 is 5.41 Å². The topological polar surface area (TPSA) is 61.9 Å². The number of nitrogens with zero attached hydrogens (tertiary/aromatic N) is 4. The Bertz CT molecular complexity index is 2340. The van der Waals surface area contributed by atoms with Crippen molar-refractivity contribution in [3.05, 3.63) is 144 Å². The first kappa shape index (κ1) is 35.5. The van der Waals surface area contributed by atoms with E-state index in [9.17, 15) is 0 Å². The molecule has 0 aliphatic rings. The maximum atomic E-state index is 6.20. The van der Waals surface area contributed by atoms with Gasteiger partial charge in [0.25, 0.3) is 0 Å². The molecule has 0 radical (unpaired) electrons. The molecule has 0 aliphatic heterocycles. The van der Waals surface area contributed by atoms with Crippen molar-refractivity contribution < 1.29 is 29.9 Å². The van der Waals surface area contributed by atoms with E-state index in [2.05, 4.69) is 152 Å². The molecule has 0 N–H and O–H groups in total. The van der Waals surface area contributed by atoms with Crippen LogP contribution in [0.25, 0.3) is 55.8 Å². The zero-order chi connectivity index (χ0) is 35.7. The molecular weight excluding hydrogens is 824 g/mol. The molecule has 52 heavy (non-hydrogen) atoms. The van der Waals surface area contributed by atoms with Crippen LogP contribution in [0.15, 0.2) is 118 Å². The molecule has 0 saturated heterocycles. The summed E-state index contributed by atoms with van der Waals surface area (Å²) in [6.45, 7) is 17.3. The van der Waals surface area contributed by atoms with Gasteiger partial charge >= 0.3 is 21.1 Å². The molecule has 8 aromatic rings. The fourth-order valence-corrected chi connectivity index (χ4v) is 6.43. The molecule has 4 heterocycles. The van der Waals surface area contributed by atoms with Crippen LogP contribution in [0.5, 0.6) is 0 Å². The Kier molecular flexibility index (Phi) is 8.82. The fourth-order valence-electron chi connectivity index (χ4n) is 6.43. The second-order valence-electron chi connectivity index (χ2n) is 16.0. The minimum atomic E-state index is -0.568. The number of fused-ring (bicyclic) bond motifs is 2. The molecule has 0 fully saturated rings. The Balaban J connectivity index is 0.00000420. The van der Waals surface area contributed by atoms with Crippen molar-refractivity contribution in [1.82, 2.24) is 19.6 Å². The van der Waals surface area contributed by atoms with E-state index in [-0.39, 0.29) is 31.9 Å². The normalized spacial score (nSPS) is 12.5. The summed E-state index contributed by atoms with van der Waals surface area (Å²) in [5, 5.41) is 12.7. The number of benzene rings is 4. The van der Waals surface area contributed by atoms with Gasteiger partial charge in [-0.25, -0.2) is 0 Å². The summed E-state index contributed by atoms with van der Waals surface area (Å²) in [7, 11) is 0. The Hall–Kier alpha value is -4.93. The summed E-state index contributed by atoms with van der Waals surface area (Å²) in [6.07, 6.45) is 0. The summed E-state index contributed by atoms with van der Waals surface area (Å²) >= 11 is 0. The Morgan fingerprint density at radius 1 is 0.519 bits per heavy atom. The summed E-state index contributed by atoms with van der Waals surface area (Å²) in [5.41, 5.74) is 8.43. The molecular formula is C45H42N4O2Pt. The molecule has 4 aromatic heterocycles. The van der Waals surface area contributed by atoms with Crippen LogP contribution in [-0.4, -0.2) is 19.6 Å². The van der Waals surface area contributed by atoms with Crippen molar-refractivity contribution in [2.75, 3.05) is 0 Å². The molecule has 6 nitrogen and oxygen atoms in total. The largest absolute Gasteiger partial charge is 2.00 e. The van der Waals surface area contributed by atoms with E-state index in [1.54, 1.807) is 0 Å². The van der Waals surface area contributed by atoms with Crippen LogP contribution in [0.2, 0.25) is 0 Å². The van der Waals surface area contributed by atoms with Gasteiger partial charge in [0.05, 0.1) is 39.7 Å². The van der Waals surface area contributed by atoms with E-state index in [1.807, 2.05) is 33.6 Å². The van der Waals surface area contributed by atoms with Gasteiger partial charge in [-0.05, 0) is 49.5 Å². The Labute approximate surface area is 319 Å². The van der Waals surface area contributed by atoms with Gasteiger partial charge in [-0.3, -0.25) is 9.36 Å². The van der Waals surface area contributed by atoms with Gasteiger partial charge in [-0.2, -0.15) is 22.3 Å². The van der Waals surface area contributed by atoms with Crippen LogP contribution >= 0.6 is 0 Å². The molecule has 0 aliphatic carbocycles. The van der Waals surface area contributed by atoms with E-state index in [0.29, 0.717) is 0 Å². The number of hydrogen-bond donors (Lipinski definition) is 0. The van der Waals surface area contributed by atoms with E-state index in [1.165, 1.54) is 0 Å². The average Bonchev–Trinajstić information content (AvgIpc) is 3.92. The third-order valence-corrected chi connectivity index (χ3v) is 9.64. The van der Waals surface area contributed by atoms with Crippen molar-refractivity contribution in [2.45, 2.75) is 71.6 Å². The number of rotatable bonds is 6. The zero-order valence-corrected chi connectivity index (χ0v) is 33.1. The monoisotopic (exact) mass is 865 g/mol. The minimum Gasteiger partial charge on any atom is -0.519 e. The predicted octanol–water partition coefficient (Wildman–Crippen LogP) is 11.4.